The van der Waals surface area contributed by atoms with Gasteiger partial charge in [-0.1, -0.05) is 6.92 Å². The van der Waals surface area contributed by atoms with Gasteiger partial charge < -0.3 is 9.47 Å². The monoisotopic (exact) mass is 337 g/mol. The van der Waals surface area contributed by atoms with Crippen LogP contribution in [0.2, 0.25) is 0 Å². The molecule has 1 aromatic rings. The molecular formula is C11H16BrNO4S. The average molecular weight is 338 g/mol. The number of methoxy groups -OCH3 is 1. The van der Waals surface area contributed by atoms with Crippen LogP contribution in [0.15, 0.2) is 22.7 Å². The van der Waals surface area contributed by atoms with Crippen LogP contribution in [0, 0.1) is 5.92 Å². The number of halogens is 1. The van der Waals surface area contributed by atoms with Gasteiger partial charge in [0.15, 0.2) is 0 Å². The summed E-state index contributed by atoms with van der Waals surface area (Å²) < 4.78 is 33.1. The van der Waals surface area contributed by atoms with Crippen LogP contribution in [0.1, 0.15) is 6.92 Å². The van der Waals surface area contributed by atoms with Gasteiger partial charge in [0.05, 0.1) is 23.9 Å². The normalized spacial score (nSPS) is 13.1. The molecule has 1 atom stereocenters. The lowest BCUT2D eigenvalue weighted by molar-refractivity contribution is 0.270. The molecule has 0 bridgehead atoms. The van der Waals surface area contributed by atoms with E-state index in [1.807, 2.05) is 0 Å². The highest BCUT2D eigenvalue weighted by atomic mass is 79.9. The zero-order valence-corrected chi connectivity index (χ0v) is 12.6. The van der Waals surface area contributed by atoms with E-state index in [-0.39, 0.29) is 18.3 Å². The van der Waals surface area contributed by atoms with Gasteiger partial charge in [0, 0.05) is 5.92 Å². The number of ether oxygens (including phenoxy) is 2. The van der Waals surface area contributed by atoms with Gasteiger partial charge in [-0.2, -0.15) is 0 Å². The highest BCUT2D eigenvalue weighted by Gasteiger charge is 2.12. The number of primary sulfonamides is 1. The van der Waals surface area contributed by atoms with Crippen LogP contribution in [-0.4, -0.2) is 27.9 Å². The minimum Gasteiger partial charge on any atom is -0.497 e. The van der Waals surface area contributed by atoms with Crippen LogP contribution < -0.4 is 14.6 Å². The summed E-state index contributed by atoms with van der Waals surface area (Å²) in [6.45, 7) is 2.04. The van der Waals surface area contributed by atoms with Crippen molar-refractivity contribution in [3.05, 3.63) is 22.7 Å². The van der Waals surface area contributed by atoms with E-state index < -0.39 is 10.0 Å². The van der Waals surface area contributed by atoms with Crippen molar-refractivity contribution in [1.29, 1.82) is 0 Å². The van der Waals surface area contributed by atoms with Gasteiger partial charge >= 0.3 is 0 Å². The Hall–Kier alpha value is -0.790. The standard InChI is InChI=1S/C11H16BrNO4S/c1-8(7-18(13,14)15)6-17-11-4-3-9(16-2)5-10(11)12/h3-5,8H,6-7H2,1-2H3,(H2,13,14,15). The molecule has 18 heavy (non-hydrogen) atoms. The molecule has 5 nitrogen and oxygen atoms in total. The van der Waals surface area contributed by atoms with Gasteiger partial charge in [0.2, 0.25) is 10.0 Å². The molecule has 0 aliphatic heterocycles. The minimum atomic E-state index is -3.46. The Morgan fingerprint density at radius 2 is 2.11 bits per heavy atom. The van der Waals surface area contributed by atoms with Crippen LogP contribution in [-0.2, 0) is 10.0 Å². The largest absolute Gasteiger partial charge is 0.497 e. The molecule has 0 heterocycles. The fraction of sp³-hybridized carbons (Fsp3) is 0.455. The first-order valence-corrected chi connectivity index (χ1v) is 7.79. The lowest BCUT2D eigenvalue weighted by Crippen LogP contribution is -2.25. The third kappa shape index (κ3) is 5.24. The maximum atomic E-state index is 10.9. The molecule has 0 fully saturated rings. The Balaban J connectivity index is 2.58. The van der Waals surface area contributed by atoms with E-state index in [1.54, 1.807) is 32.2 Å². The molecule has 0 aliphatic carbocycles. The second kappa shape index (κ2) is 6.40. The fourth-order valence-corrected chi connectivity index (χ4v) is 2.76. The third-order valence-electron chi connectivity index (χ3n) is 2.18. The van der Waals surface area contributed by atoms with Crippen LogP contribution in [0.5, 0.6) is 11.5 Å². The molecule has 0 amide bonds. The van der Waals surface area contributed by atoms with Crippen LogP contribution in [0.4, 0.5) is 0 Å². The molecule has 7 heteroatoms. The Morgan fingerprint density at radius 1 is 1.44 bits per heavy atom. The lowest BCUT2D eigenvalue weighted by Gasteiger charge is -2.13. The Bertz CT molecular complexity index is 504. The first-order chi connectivity index (χ1) is 8.31. The first-order valence-electron chi connectivity index (χ1n) is 5.28. The van der Waals surface area contributed by atoms with E-state index in [1.165, 1.54) is 0 Å². The summed E-state index contributed by atoms with van der Waals surface area (Å²) in [4.78, 5) is 0. The molecular weight excluding hydrogens is 322 g/mol. The highest BCUT2D eigenvalue weighted by molar-refractivity contribution is 9.10. The van der Waals surface area contributed by atoms with Crippen molar-refractivity contribution >= 4 is 26.0 Å². The SMILES string of the molecule is COc1ccc(OCC(C)CS(N)(=O)=O)c(Br)c1. The summed E-state index contributed by atoms with van der Waals surface area (Å²) in [7, 11) is -1.88. The third-order valence-corrected chi connectivity index (χ3v) is 3.83. The molecule has 102 valence electrons. The van der Waals surface area contributed by atoms with Gasteiger partial charge in [-0.05, 0) is 34.1 Å². The number of hydrogen-bond acceptors (Lipinski definition) is 4. The zero-order valence-electron chi connectivity index (χ0n) is 10.2. The van der Waals surface area contributed by atoms with Crippen molar-refractivity contribution in [3.63, 3.8) is 0 Å². The van der Waals surface area contributed by atoms with E-state index in [0.717, 1.165) is 4.47 Å². The second-order valence-electron chi connectivity index (χ2n) is 4.04. The molecule has 1 unspecified atom stereocenters. The smallest absolute Gasteiger partial charge is 0.209 e. The molecule has 0 radical (unpaired) electrons. The summed E-state index contributed by atoms with van der Waals surface area (Å²) in [5, 5.41) is 4.96. The van der Waals surface area contributed by atoms with Crippen molar-refractivity contribution in [3.8, 4) is 11.5 Å². The quantitative estimate of drug-likeness (QED) is 0.857. The Kier molecular flexibility index (Phi) is 5.43. The predicted molar refractivity (Wildman–Crippen MR) is 73.3 cm³/mol. The van der Waals surface area contributed by atoms with Gasteiger partial charge in [0.1, 0.15) is 11.5 Å². The van der Waals surface area contributed by atoms with Gasteiger partial charge in [-0.25, -0.2) is 13.6 Å². The van der Waals surface area contributed by atoms with Crippen molar-refractivity contribution in [2.45, 2.75) is 6.92 Å². The zero-order chi connectivity index (χ0) is 13.8. The number of nitrogens with two attached hydrogens (primary N) is 1. The van der Waals surface area contributed by atoms with Crippen molar-refractivity contribution in [2.75, 3.05) is 19.5 Å². The molecule has 2 N–H and O–H groups in total. The maximum Gasteiger partial charge on any atom is 0.209 e. The van der Waals surface area contributed by atoms with Crippen molar-refractivity contribution in [1.82, 2.24) is 0 Å². The van der Waals surface area contributed by atoms with Crippen molar-refractivity contribution < 1.29 is 17.9 Å². The fourth-order valence-electron chi connectivity index (χ4n) is 1.40. The summed E-state index contributed by atoms with van der Waals surface area (Å²) in [5.41, 5.74) is 0. The number of benzene rings is 1. The Labute approximate surface area is 115 Å². The second-order valence-corrected chi connectivity index (χ2v) is 6.56. The molecule has 1 rings (SSSR count). The predicted octanol–water partition coefficient (Wildman–Crippen LogP) is 1.76. The summed E-state index contributed by atoms with van der Waals surface area (Å²) in [6.07, 6.45) is 0. The van der Waals surface area contributed by atoms with Crippen LogP contribution in [0.25, 0.3) is 0 Å². The van der Waals surface area contributed by atoms with E-state index in [9.17, 15) is 8.42 Å². The minimum absolute atomic E-state index is 0.0965. The van der Waals surface area contributed by atoms with E-state index >= 15 is 0 Å². The molecule has 0 saturated heterocycles. The van der Waals surface area contributed by atoms with Gasteiger partial charge in [-0.3, -0.25) is 0 Å². The number of sulfonamides is 1. The number of hydrogen-bond donors (Lipinski definition) is 1. The molecule has 0 aromatic heterocycles. The first kappa shape index (κ1) is 15.3. The average Bonchev–Trinajstić information content (AvgIpc) is 2.25. The molecule has 0 saturated carbocycles. The molecule has 1 aromatic carbocycles. The summed E-state index contributed by atoms with van der Waals surface area (Å²) in [6, 6.07) is 5.30. The van der Waals surface area contributed by atoms with E-state index in [4.69, 9.17) is 14.6 Å². The van der Waals surface area contributed by atoms with Gasteiger partial charge in [-0.15, -0.1) is 0 Å². The Morgan fingerprint density at radius 3 is 2.61 bits per heavy atom. The number of rotatable bonds is 6. The summed E-state index contributed by atoms with van der Waals surface area (Å²) in [5.74, 6) is 1.08. The van der Waals surface area contributed by atoms with Crippen LogP contribution >= 0.6 is 15.9 Å². The van der Waals surface area contributed by atoms with E-state index in [0.29, 0.717) is 11.5 Å². The molecule has 0 aliphatic rings. The highest BCUT2D eigenvalue weighted by Crippen LogP contribution is 2.29. The van der Waals surface area contributed by atoms with Crippen molar-refractivity contribution in [2.24, 2.45) is 11.1 Å². The van der Waals surface area contributed by atoms with E-state index in [2.05, 4.69) is 15.9 Å². The molecule has 0 spiro atoms. The maximum absolute atomic E-state index is 10.9. The summed E-state index contributed by atoms with van der Waals surface area (Å²) >= 11 is 3.35. The van der Waals surface area contributed by atoms with Crippen LogP contribution in [0.3, 0.4) is 0 Å². The van der Waals surface area contributed by atoms with Gasteiger partial charge in [0.25, 0.3) is 0 Å². The topological polar surface area (TPSA) is 78.6 Å². The lowest BCUT2D eigenvalue weighted by atomic mass is 10.2.